The molecule has 1 nitrogen and oxygen atoms in total. The zero-order valence-corrected chi connectivity index (χ0v) is 17.6. The molecule has 0 saturated heterocycles. The predicted molar refractivity (Wildman–Crippen MR) is 128 cm³/mol. The van der Waals surface area contributed by atoms with E-state index in [0.29, 0.717) is 0 Å². The highest BCUT2D eigenvalue weighted by atomic mass is 127. The summed E-state index contributed by atoms with van der Waals surface area (Å²) in [6.45, 7) is 0. The van der Waals surface area contributed by atoms with Gasteiger partial charge in [0.1, 0.15) is 0 Å². The van der Waals surface area contributed by atoms with Gasteiger partial charge in [-0.1, -0.05) is 60.7 Å². The Morgan fingerprint density at radius 2 is 1.43 bits per heavy atom. The van der Waals surface area contributed by atoms with E-state index in [-0.39, 0.29) is 0 Å². The van der Waals surface area contributed by atoms with Gasteiger partial charge < -0.3 is 4.90 Å². The molecule has 0 unspecified atom stereocenters. The lowest BCUT2D eigenvalue weighted by Gasteiger charge is -2.31. The Morgan fingerprint density at radius 1 is 0.643 bits per heavy atom. The topological polar surface area (TPSA) is 3.24 Å². The van der Waals surface area contributed by atoms with Gasteiger partial charge in [-0.3, -0.25) is 0 Å². The van der Waals surface area contributed by atoms with Crippen molar-refractivity contribution in [3.8, 4) is 0 Å². The molecule has 4 aromatic carbocycles. The van der Waals surface area contributed by atoms with E-state index in [4.69, 9.17) is 0 Å². The number of aryl methyl sites for hydroxylation is 1. The second kappa shape index (κ2) is 7.44. The second-order valence-corrected chi connectivity index (χ2v) is 8.43. The highest BCUT2D eigenvalue weighted by Gasteiger charge is 2.19. The van der Waals surface area contributed by atoms with Gasteiger partial charge in [-0.05, 0) is 93.7 Å². The number of fused-ring (bicyclic) bond motifs is 2. The van der Waals surface area contributed by atoms with Crippen LogP contribution in [0.5, 0.6) is 0 Å². The van der Waals surface area contributed by atoms with E-state index in [1.54, 1.807) is 0 Å². The Labute approximate surface area is 179 Å². The summed E-state index contributed by atoms with van der Waals surface area (Å²) in [5.41, 5.74) is 6.54. The first-order valence-electron chi connectivity index (χ1n) is 9.61. The molecule has 28 heavy (non-hydrogen) atoms. The molecule has 0 fully saturated rings. The van der Waals surface area contributed by atoms with Crippen LogP contribution in [-0.4, -0.2) is 0 Å². The van der Waals surface area contributed by atoms with Gasteiger partial charge in [0.2, 0.25) is 0 Å². The molecule has 0 bridgehead atoms. The molecule has 0 aromatic heterocycles. The van der Waals surface area contributed by atoms with E-state index >= 15 is 0 Å². The summed E-state index contributed by atoms with van der Waals surface area (Å²) in [6, 6.07) is 32.8. The smallest absolute Gasteiger partial charge is 0.0468 e. The van der Waals surface area contributed by atoms with Gasteiger partial charge in [-0.15, -0.1) is 0 Å². The van der Waals surface area contributed by atoms with Crippen LogP contribution in [0.3, 0.4) is 0 Å². The number of anilines is 2. The number of allylic oxidation sites excluding steroid dienone is 1. The lowest BCUT2D eigenvalue weighted by molar-refractivity contribution is 0.894. The largest absolute Gasteiger partial charge is 0.314 e. The van der Waals surface area contributed by atoms with E-state index in [0.717, 1.165) is 12.8 Å². The molecule has 5 rings (SSSR count). The summed E-state index contributed by atoms with van der Waals surface area (Å²) in [7, 11) is 0. The molecule has 1 aliphatic carbocycles. The third-order valence-electron chi connectivity index (χ3n) is 5.37. The molecule has 0 radical (unpaired) electrons. The summed E-state index contributed by atoms with van der Waals surface area (Å²) in [6.07, 6.45) is 4.47. The van der Waals surface area contributed by atoms with Gasteiger partial charge in [0, 0.05) is 20.6 Å². The first-order valence-corrected chi connectivity index (χ1v) is 10.7. The zero-order chi connectivity index (χ0) is 18.9. The minimum absolute atomic E-state index is 1.04. The summed E-state index contributed by atoms with van der Waals surface area (Å²) < 4.78 is 1.25. The van der Waals surface area contributed by atoms with E-state index < -0.39 is 0 Å². The third-order valence-corrected chi connectivity index (χ3v) is 6.04. The molecule has 0 N–H and O–H groups in total. The fourth-order valence-corrected chi connectivity index (χ4v) is 4.53. The van der Waals surface area contributed by atoms with Gasteiger partial charge in [0.15, 0.2) is 0 Å². The summed E-state index contributed by atoms with van der Waals surface area (Å²) in [5, 5.41) is 2.55. The summed E-state index contributed by atoms with van der Waals surface area (Å²) >= 11 is 2.40. The van der Waals surface area contributed by atoms with Crippen LogP contribution < -0.4 is 4.90 Å². The maximum atomic E-state index is 2.42. The van der Waals surface area contributed by atoms with Crippen molar-refractivity contribution in [1.29, 1.82) is 0 Å². The number of nitrogens with zero attached hydrogens (tertiary/aromatic N) is 1. The second-order valence-electron chi connectivity index (χ2n) is 7.18. The van der Waals surface area contributed by atoms with Crippen LogP contribution in [0.1, 0.15) is 17.5 Å². The molecule has 0 saturated carbocycles. The highest BCUT2D eigenvalue weighted by molar-refractivity contribution is 14.1. The average Bonchev–Trinajstić information content (AvgIpc) is 2.74. The van der Waals surface area contributed by atoms with Crippen molar-refractivity contribution in [2.24, 2.45) is 0 Å². The van der Waals surface area contributed by atoms with Gasteiger partial charge >= 0.3 is 0 Å². The third kappa shape index (κ3) is 3.33. The molecule has 0 spiro atoms. The summed E-state index contributed by atoms with van der Waals surface area (Å²) in [5.74, 6) is 0. The fourth-order valence-electron chi connectivity index (χ4n) is 4.01. The van der Waals surface area contributed by atoms with Crippen LogP contribution in [0, 0.1) is 3.57 Å². The van der Waals surface area contributed by atoms with Crippen LogP contribution in [-0.2, 0) is 6.42 Å². The molecule has 4 aromatic rings. The Kier molecular flexibility index (Phi) is 4.65. The van der Waals surface area contributed by atoms with Gasteiger partial charge in [0.25, 0.3) is 0 Å². The number of halogens is 1. The average molecular weight is 473 g/mol. The van der Waals surface area contributed by atoms with Gasteiger partial charge in [-0.25, -0.2) is 0 Å². The van der Waals surface area contributed by atoms with Crippen molar-refractivity contribution in [1.82, 2.24) is 0 Å². The number of benzene rings is 4. The molecule has 2 heteroatoms. The van der Waals surface area contributed by atoms with Crippen LogP contribution in [0.15, 0.2) is 96.7 Å². The first-order chi connectivity index (χ1) is 13.8. The SMILES string of the molecule is Ic1cccc(N(C2=Cc3ccccc3CC2)c2ccc3ccccc3c2)c1. The van der Waals surface area contributed by atoms with Crippen LogP contribution in [0.2, 0.25) is 0 Å². The molecule has 0 heterocycles. The Hall–Kier alpha value is -2.59. The lowest BCUT2D eigenvalue weighted by Crippen LogP contribution is -2.19. The molecule has 0 amide bonds. The van der Waals surface area contributed by atoms with Crippen LogP contribution >= 0.6 is 22.6 Å². The highest BCUT2D eigenvalue weighted by Crippen LogP contribution is 2.37. The maximum absolute atomic E-state index is 2.42. The standard InChI is InChI=1S/C26H20IN/c27-23-10-5-11-24(18-23)28(25-14-12-19-6-1-3-8-21(19)16-25)26-15-13-20-7-2-4-9-22(20)17-26/h1-12,14,16-18H,13,15H2. The van der Waals surface area contributed by atoms with E-state index in [1.807, 2.05) is 0 Å². The van der Waals surface area contributed by atoms with E-state index in [2.05, 4.69) is 125 Å². The normalized spacial score (nSPS) is 13.1. The molecule has 1 aliphatic rings. The summed E-state index contributed by atoms with van der Waals surface area (Å²) in [4.78, 5) is 2.42. The van der Waals surface area contributed by atoms with Crippen molar-refractivity contribution < 1.29 is 0 Å². The minimum Gasteiger partial charge on any atom is -0.314 e. The van der Waals surface area contributed by atoms with Crippen molar-refractivity contribution in [2.75, 3.05) is 4.90 Å². The Morgan fingerprint density at radius 3 is 2.32 bits per heavy atom. The van der Waals surface area contributed by atoms with Crippen molar-refractivity contribution in [2.45, 2.75) is 12.8 Å². The van der Waals surface area contributed by atoms with Crippen LogP contribution in [0.4, 0.5) is 11.4 Å². The van der Waals surface area contributed by atoms with Crippen LogP contribution in [0.25, 0.3) is 16.8 Å². The molecule has 136 valence electrons. The number of rotatable bonds is 3. The monoisotopic (exact) mass is 473 g/mol. The van der Waals surface area contributed by atoms with Crippen molar-refractivity contribution in [3.63, 3.8) is 0 Å². The number of hydrogen-bond acceptors (Lipinski definition) is 1. The maximum Gasteiger partial charge on any atom is 0.0468 e. The molecular weight excluding hydrogens is 453 g/mol. The Balaban J connectivity index is 1.68. The van der Waals surface area contributed by atoms with E-state index in [9.17, 15) is 0 Å². The minimum atomic E-state index is 1.04. The number of hydrogen-bond donors (Lipinski definition) is 0. The fraction of sp³-hybridized carbons (Fsp3) is 0.0769. The molecular formula is C26H20IN. The molecule has 0 aliphatic heterocycles. The van der Waals surface area contributed by atoms with Crippen molar-refractivity contribution >= 4 is 50.8 Å². The van der Waals surface area contributed by atoms with Crippen molar-refractivity contribution in [3.05, 3.63) is 111 Å². The lowest BCUT2D eigenvalue weighted by atomic mass is 9.94. The van der Waals surface area contributed by atoms with E-state index in [1.165, 1.54) is 42.5 Å². The van der Waals surface area contributed by atoms with Gasteiger partial charge in [0.05, 0.1) is 0 Å². The zero-order valence-electron chi connectivity index (χ0n) is 15.5. The Bertz CT molecular complexity index is 1190. The quantitative estimate of drug-likeness (QED) is 0.278. The predicted octanol–water partition coefficient (Wildman–Crippen LogP) is 7.57. The molecule has 0 atom stereocenters. The first kappa shape index (κ1) is 17.5. The van der Waals surface area contributed by atoms with Gasteiger partial charge in [-0.2, -0.15) is 0 Å².